The first-order valence-electron chi connectivity index (χ1n) is 16.1. The summed E-state index contributed by atoms with van der Waals surface area (Å²) in [7, 11) is 0. The number of carbonyl (C=O) groups is 5. The molecule has 2 aliphatic heterocycles. The molecule has 1 atom stereocenters. The van der Waals surface area contributed by atoms with E-state index in [9.17, 15) is 24.0 Å². The number of likely N-dealkylation sites (tertiary alicyclic amines) is 1. The Morgan fingerprint density at radius 2 is 1.47 bits per heavy atom. The number of nitrogens with one attached hydrogen (secondary N) is 2. The van der Waals surface area contributed by atoms with E-state index in [2.05, 4.69) is 10.6 Å². The third-order valence-electron chi connectivity index (χ3n) is 8.42. The zero-order valence-electron chi connectivity index (χ0n) is 26.7. The number of benzene rings is 3. The first-order chi connectivity index (χ1) is 22.8. The molecular weight excluding hydrogens is 598 g/mol. The Kier molecular flexibility index (Phi) is 11.2. The lowest BCUT2D eigenvalue weighted by atomic mass is 10.1. The van der Waals surface area contributed by atoms with E-state index in [1.54, 1.807) is 29.2 Å². The molecule has 0 saturated carbocycles. The smallest absolute Gasteiger partial charge is 0.255 e. The standard InChI is InChI=1S/C36H41N5O6/c1-2-39-19-20-47-31-12-7-6-11-29(31)35(45)38-30(21-33(43)41(25-34(39)44)24-27-9-4-3-5-10-27)36(46)37-22-26-14-16-28(17-15-26)23-40-18-8-13-32(40)42/h3-7,9-12,14-17,30H,2,8,13,18-25H2,1H3,(H,37,46)(H,38,45)/t30-/m0/s1. The molecule has 2 heterocycles. The minimum Gasteiger partial charge on any atom is -0.491 e. The maximum Gasteiger partial charge on any atom is 0.255 e. The van der Waals surface area contributed by atoms with Crippen LogP contribution in [-0.4, -0.2) is 83.1 Å². The van der Waals surface area contributed by atoms with Gasteiger partial charge >= 0.3 is 0 Å². The molecule has 2 aliphatic rings. The maximum absolute atomic E-state index is 13.8. The van der Waals surface area contributed by atoms with Crippen LogP contribution in [0, 0.1) is 0 Å². The Labute approximate surface area is 274 Å². The summed E-state index contributed by atoms with van der Waals surface area (Å²) in [6.45, 7) is 4.15. The number of fused-ring (bicyclic) bond motifs is 1. The van der Waals surface area contributed by atoms with Crippen molar-refractivity contribution in [3.63, 3.8) is 0 Å². The van der Waals surface area contributed by atoms with Crippen molar-refractivity contribution in [3.8, 4) is 5.75 Å². The topological polar surface area (TPSA) is 128 Å². The molecule has 0 aromatic heterocycles. The summed E-state index contributed by atoms with van der Waals surface area (Å²) in [5.41, 5.74) is 2.87. The van der Waals surface area contributed by atoms with Gasteiger partial charge in [0.2, 0.25) is 23.6 Å². The van der Waals surface area contributed by atoms with Gasteiger partial charge in [-0.1, -0.05) is 66.7 Å². The molecule has 0 bridgehead atoms. The van der Waals surface area contributed by atoms with Crippen LogP contribution in [0.1, 0.15) is 53.2 Å². The highest BCUT2D eigenvalue weighted by Crippen LogP contribution is 2.20. The molecule has 5 rings (SSSR count). The van der Waals surface area contributed by atoms with Crippen LogP contribution in [0.4, 0.5) is 0 Å². The third-order valence-corrected chi connectivity index (χ3v) is 8.42. The van der Waals surface area contributed by atoms with Crippen molar-refractivity contribution in [1.82, 2.24) is 25.3 Å². The van der Waals surface area contributed by atoms with Gasteiger partial charge < -0.3 is 30.1 Å². The van der Waals surface area contributed by atoms with Gasteiger partial charge in [-0.05, 0) is 42.2 Å². The largest absolute Gasteiger partial charge is 0.491 e. The number of para-hydroxylation sites is 1. The average molecular weight is 640 g/mol. The van der Waals surface area contributed by atoms with Crippen LogP contribution in [0.5, 0.6) is 5.75 Å². The number of carbonyl (C=O) groups excluding carboxylic acids is 5. The second kappa shape index (κ2) is 15.9. The van der Waals surface area contributed by atoms with E-state index in [1.165, 1.54) is 4.90 Å². The molecule has 0 radical (unpaired) electrons. The molecule has 3 aromatic rings. The molecule has 47 heavy (non-hydrogen) atoms. The van der Waals surface area contributed by atoms with Gasteiger partial charge in [-0.15, -0.1) is 0 Å². The molecule has 246 valence electrons. The van der Waals surface area contributed by atoms with Crippen LogP contribution in [-0.2, 0) is 38.8 Å². The van der Waals surface area contributed by atoms with Crippen LogP contribution >= 0.6 is 0 Å². The number of ether oxygens (including phenoxy) is 1. The van der Waals surface area contributed by atoms with E-state index in [-0.39, 0.29) is 56.6 Å². The van der Waals surface area contributed by atoms with Gasteiger partial charge in [0.05, 0.1) is 18.5 Å². The Hall–Kier alpha value is -5.19. The third kappa shape index (κ3) is 8.96. The molecular formula is C36H41N5O6. The van der Waals surface area contributed by atoms with Crippen molar-refractivity contribution in [2.75, 3.05) is 32.8 Å². The van der Waals surface area contributed by atoms with Gasteiger partial charge in [-0.3, -0.25) is 24.0 Å². The highest BCUT2D eigenvalue weighted by molar-refractivity contribution is 6.01. The van der Waals surface area contributed by atoms with Crippen LogP contribution in [0.15, 0.2) is 78.9 Å². The molecule has 0 aliphatic carbocycles. The molecule has 11 heteroatoms. The lowest BCUT2D eigenvalue weighted by molar-refractivity contribution is -0.142. The highest BCUT2D eigenvalue weighted by Gasteiger charge is 2.30. The summed E-state index contributed by atoms with van der Waals surface area (Å²) in [6.07, 6.45) is 1.11. The fourth-order valence-corrected chi connectivity index (χ4v) is 5.72. The summed E-state index contributed by atoms with van der Waals surface area (Å²) < 4.78 is 5.93. The fourth-order valence-electron chi connectivity index (χ4n) is 5.72. The Morgan fingerprint density at radius 1 is 0.787 bits per heavy atom. The predicted molar refractivity (Wildman–Crippen MR) is 175 cm³/mol. The summed E-state index contributed by atoms with van der Waals surface area (Å²) >= 11 is 0. The number of nitrogens with zero attached hydrogens (tertiary/aromatic N) is 3. The minimum atomic E-state index is -1.22. The molecule has 3 aromatic carbocycles. The normalized spacial score (nSPS) is 17.9. The Balaban J connectivity index is 1.35. The highest BCUT2D eigenvalue weighted by atomic mass is 16.5. The van der Waals surface area contributed by atoms with Crippen molar-refractivity contribution < 1.29 is 28.7 Å². The Bertz CT molecular complexity index is 1580. The molecule has 0 unspecified atom stereocenters. The molecule has 2 N–H and O–H groups in total. The zero-order chi connectivity index (χ0) is 33.2. The first kappa shape index (κ1) is 33.2. The van der Waals surface area contributed by atoms with Crippen molar-refractivity contribution in [2.45, 2.75) is 51.9 Å². The summed E-state index contributed by atoms with van der Waals surface area (Å²) in [5.74, 6) is -1.30. The molecule has 0 spiro atoms. The van der Waals surface area contributed by atoms with Crippen LogP contribution in [0.2, 0.25) is 0 Å². The van der Waals surface area contributed by atoms with Gasteiger partial charge in [-0.25, -0.2) is 0 Å². The van der Waals surface area contributed by atoms with Gasteiger partial charge in [0.25, 0.3) is 5.91 Å². The monoisotopic (exact) mass is 639 g/mol. The van der Waals surface area contributed by atoms with Crippen molar-refractivity contribution in [1.29, 1.82) is 0 Å². The second-order valence-electron chi connectivity index (χ2n) is 11.7. The fraction of sp³-hybridized carbons (Fsp3) is 0.361. The van der Waals surface area contributed by atoms with E-state index in [1.807, 2.05) is 66.4 Å². The van der Waals surface area contributed by atoms with Gasteiger partial charge in [0.1, 0.15) is 24.9 Å². The molecule has 1 fully saturated rings. The minimum absolute atomic E-state index is 0.146. The number of rotatable bonds is 8. The van der Waals surface area contributed by atoms with Crippen LogP contribution in [0.25, 0.3) is 0 Å². The number of hydrogen-bond donors (Lipinski definition) is 2. The quantitative estimate of drug-likeness (QED) is 0.390. The van der Waals surface area contributed by atoms with Crippen LogP contribution in [0.3, 0.4) is 0 Å². The Morgan fingerprint density at radius 3 is 2.19 bits per heavy atom. The number of likely N-dealkylation sites (N-methyl/N-ethyl adjacent to an activating group) is 1. The average Bonchev–Trinajstić information content (AvgIpc) is 3.49. The summed E-state index contributed by atoms with van der Waals surface area (Å²) in [5, 5.41) is 5.61. The molecule has 5 amide bonds. The van der Waals surface area contributed by atoms with E-state index in [4.69, 9.17) is 4.74 Å². The van der Waals surface area contributed by atoms with Gasteiger partial charge in [-0.2, -0.15) is 0 Å². The van der Waals surface area contributed by atoms with Crippen molar-refractivity contribution >= 4 is 29.5 Å². The van der Waals surface area contributed by atoms with Crippen molar-refractivity contribution in [2.24, 2.45) is 0 Å². The number of amides is 5. The van der Waals surface area contributed by atoms with Gasteiger partial charge in [0, 0.05) is 39.1 Å². The molecule has 11 nitrogen and oxygen atoms in total. The van der Waals surface area contributed by atoms with Crippen molar-refractivity contribution in [3.05, 3.63) is 101 Å². The maximum atomic E-state index is 13.8. The number of hydrogen-bond acceptors (Lipinski definition) is 6. The molecule has 1 saturated heterocycles. The first-order valence-corrected chi connectivity index (χ1v) is 16.1. The summed E-state index contributed by atoms with van der Waals surface area (Å²) in [4.78, 5) is 71.2. The van der Waals surface area contributed by atoms with E-state index in [0.29, 0.717) is 25.3 Å². The van der Waals surface area contributed by atoms with E-state index >= 15 is 0 Å². The summed E-state index contributed by atoms with van der Waals surface area (Å²) in [6, 6.07) is 22.4. The van der Waals surface area contributed by atoms with E-state index < -0.39 is 23.8 Å². The lowest BCUT2D eigenvalue weighted by Crippen LogP contribution is -2.51. The van der Waals surface area contributed by atoms with E-state index in [0.717, 1.165) is 29.7 Å². The predicted octanol–water partition coefficient (Wildman–Crippen LogP) is 2.88. The van der Waals surface area contributed by atoms with Gasteiger partial charge in [0.15, 0.2) is 0 Å². The SMILES string of the molecule is CCN1CCOc2ccccc2C(=O)N[C@H](C(=O)NCc2ccc(CN3CCCC3=O)cc2)CC(=O)N(Cc2ccccc2)CC1=O. The lowest BCUT2D eigenvalue weighted by Gasteiger charge is -2.29. The van der Waals surface area contributed by atoms with Crippen LogP contribution < -0.4 is 15.4 Å². The zero-order valence-corrected chi connectivity index (χ0v) is 26.7. The second-order valence-corrected chi connectivity index (χ2v) is 11.7.